The van der Waals surface area contributed by atoms with E-state index < -0.39 is 0 Å². The van der Waals surface area contributed by atoms with E-state index in [1.165, 1.54) is 0 Å². The number of piperazine rings is 1. The summed E-state index contributed by atoms with van der Waals surface area (Å²) in [5.41, 5.74) is 3.44. The van der Waals surface area contributed by atoms with Crippen molar-refractivity contribution in [2.45, 2.75) is 6.92 Å². The van der Waals surface area contributed by atoms with Gasteiger partial charge < -0.3 is 14.5 Å². The van der Waals surface area contributed by atoms with Gasteiger partial charge in [0.25, 0.3) is 0 Å². The first kappa shape index (κ1) is 18.9. The van der Waals surface area contributed by atoms with Gasteiger partial charge in [0, 0.05) is 32.3 Å². The minimum Gasteiger partial charge on any atom is -0.492 e. The molecule has 0 bridgehead atoms. The second kappa shape index (κ2) is 8.73. The third-order valence-corrected chi connectivity index (χ3v) is 4.96. The van der Waals surface area contributed by atoms with E-state index in [0.717, 1.165) is 35.6 Å². The Morgan fingerprint density at radius 2 is 1.76 bits per heavy atom. The number of para-hydroxylation sites is 4. The molecule has 6 heteroatoms. The van der Waals surface area contributed by atoms with Crippen molar-refractivity contribution >= 4 is 28.7 Å². The molecule has 6 nitrogen and oxygen atoms in total. The summed E-state index contributed by atoms with van der Waals surface area (Å²) in [7, 11) is 0. The van der Waals surface area contributed by atoms with Crippen molar-refractivity contribution in [1.82, 2.24) is 14.9 Å². The molecule has 3 aromatic rings. The molecule has 1 amide bonds. The molecular formula is C23H24N4O2. The number of hydrogen-bond acceptors (Lipinski definition) is 5. The maximum Gasteiger partial charge on any atom is 0.246 e. The number of carbonyl (C=O) groups excluding carboxylic acids is 1. The molecule has 1 fully saturated rings. The predicted molar refractivity (Wildman–Crippen MR) is 115 cm³/mol. The highest BCUT2D eigenvalue weighted by Crippen LogP contribution is 2.28. The Labute approximate surface area is 170 Å². The van der Waals surface area contributed by atoms with Crippen LogP contribution in [0, 0.1) is 0 Å². The zero-order valence-electron chi connectivity index (χ0n) is 16.5. The maximum absolute atomic E-state index is 12.6. The van der Waals surface area contributed by atoms with Crippen LogP contribution >= 0.6 is 0 Å². The number of aromatic nitrogens is 2. The fraction of sp³-hybridized carbons (Fsp3) is 0.261. The van der Waals surface area contributed by atoms with Crippen LogP contribution in [-0.4, -0.2) is 53.6 Å². The summed E-state index contributed by atoms with van der Waals surface area (Å²) >= 11 is 0. The lowest BCUT2D eigenvalue weighted by Gasteiger charge is -2.36. The summed E-state index contributed by atoms with van der Waals surface area (Å²) in [5, 5.41) is 0. The van der Waals surface area contributed by atoms with Crippen molar-refractivity contribution in [3.63, 3.8) is 0 Å². The molecule has 29 heavy (non-hydrogen) atoms. The van der Waals surface area contributed by atoms with E-state index in [-0.39, 0.29) is 5.91 Å². The number of anilines is 1. The van der Waals surface area contributed by atoms with E-state index in [1.54, 1.807) is 18.3 Å². The maximum atomic E-state index is 12.6. The lowest BCUT2D eigenvalue weighted by Crippen LogP contribution is -2.48. The first-order chi connectivity index (χ1) is 14.2. The molecule has 0 unspecified atom stereocenters. The fourth-order valence-electron chi connectivity index (χ4n) is 3.48. The second-order valence-corrected chi connectivity index (χ2v) is 6.83. The number of amides is 1. The Morgan fingerprint density at radius 1 is 1.03 bits per heavy atom. The summed E-state index contributed by atoms with van der Waals surface area (Å²) in [6, 6.07) is 15.8. The molecule has 148 valence electrons. The van der Waals surface area contributed by atoms with Crippen LogP contribution in [0.15, 0.2) is 60.8 Å². The molecule has 1 aromatic heterocycles. The van der Waals surface area contributed by atoms with Crippen LogP contribution < -0.4 is 9.64 Å². The number of fused-ring (bicyclic) bond motifs is 1. The lowest BCUT2D eigenvalue weighted by atomic mass is 10.2. The Morgan fingerprint density at radius 3 is 2.55 bits per heavy atom. The van der Waals surface area contributed by atoms with Crippen molar-refractivity contribution in [3.05, 3.63) is 66.5 Å². The summed E-state index contributed by atoms with van der Waals surface area (Å²) < 4.78 is 5.74. The van der Waals surface area contributed by atoms with Gasteiger partial charge in [-0.1, -0.05) is 24.3 Å². The smallest absolute Gasteiger partial charge is 0.246 e. The molecule has 2 heterocycles. The molecule has 0 saturated carbocycles. The molecule has 0 atom stereocenters. The molecule has 1 saturated heterocycles. The molecule has 0 aliphatic carbocycles. The highest BCUT2D eigenvalue weighted by Gasteiger charge is 2.21. The van der Waals surface area contributed by atoms with E-state index in [9.17, 15) is 4.79 Å². The van der Waals surface area contributed by atoms with Crippen molar-refractivity contribution in [2.24, 2.45) is 0 Å². The number of benzene rings is 2. The van der Waals surface area contributed by atoms with Crippen LogP contribution in [0.5, 0.6) is 5.75 Å². The number of hydrogen-bond donors (Lipinski definition) is 0. The SMILES string of the molecule is CCOc1ccccc1N1CCN(C(=O)/C=C/c2cnc3ccccc3n2)CC1. The molecule has 4 rings (SSSR count). The lowest BCUT2D eigenvalue weighted by molar-refractivity contribution is -0.126. The van der Waals surface area contributed by atoms with Crippen molar-refractivity contribution in [1.29, 1.82) is 0 Å². The third kappa shape index (κ3) is 4.37. The average molecular weight is 388 g/mol. The summed E-state index contributed by atoms with van der Waals surface area (Å²) in [6.45, 7) is 5.52. The molecule has 0 radical (unpaired) electrons. The minimum atomic E-state index is -0.00213. The zero-order valence-corrected chi connectivity index (χ0v) is 16.5. The van der Waals surface area contributed by atoms with Crippen molar-refractivity contribution in [3.8, 4) is 5.75 Å². The third-order valence-electron chi connectivity index (χ3n) is 4.96. The molecule has 1 aliphatic rings. The fourth-order valence-corrected chi connectivity index (χ4v) is 3.48. The van der Waals surface area contributed by atoms with Gasteiger partial charge >= 0.3 is 0 Å². The second-order valence-electron chi connectivity index (χ2n) is 6.83. The van der Waals surface area contributed by atoms with Crippen LogP contribution in [0.25, 0.3) is 17.1 Å². The van der Waals surface area contributed by atoms with Gasteiger partial charge in [0.1, 0.15) is 5.75 Å². The normalized spacial score (nSPS) is 14.5. The number of nitrogens with zero attached hydrogens (tertiary/aromatic N) is 4. The number of rotatable bonds is 5. The van der Waals surface area contributed by atoms with Gasteiger partial charge in [-0.25, -0.2) is 4.98 Å². The number of ether oxygens (including phenoxy) is 1. The Kier molecular flexibility index (Phi) is 5.70. The first-order valence-electron chi connectivity index (χ1n) is 9.90. The highest BCUT2D eigenvalue weighted by atomic mass is 16.5. The van der Waals surface area contributed by atoms with Gasteiger partial charge in [0.2, 0.25) is 5.91 Å². The zero-order chi connectivity index (χ0) is 20.1. The topological polar surface area (TPSA) is 58.6 Å². The van der Waals surface area contributed by atoms with E-state index in [1.807, 2.05) is 54.3 Å². The van der Waals surface area contributed by atoms with Crippen LogP contribution in [0.3, 0.4) is 0 Å². The molecular weight excluding hydrogens is 364 g/mol. The standard InChI is InChI=1S/C23H24N4O2/c1-2-29-22-10-6-5-9-21(22)26-13-15-27(16-14-26)23(28)12-11-18-17-24-19-7-3-4-8-20(19)25-18/h3-12,17H,2,13-16H2,1H3/b12-11+. The van der Waals surface area contributed by atoms with Crippen molar-refractivity contribution in [2.75, 3.05) is 37.7 Å². The van der Waals surface area contributed by atoms with Gasteiger partial charge in [0.05, 0.1) is 35.2 Å². The minimum absolute atomic E-state index is 0.00213. The van der Waals surface area contributed by atoms with E-state index >= 15 is 0 Å². The van der Waals surface area contributed by atoms with Crippen LogP contribution in [-0.2, 0) is 4.79 Å². The molecule has 0 spiro atoms. The Balaban J connectivity index is 1.38. The predicted octanol–water partition coefficient (Wildman–Crippen LogP) is 3.39. The average Bonchev–Trinajstić information content (AvgIpc) is 2.78. The number of carbonyl (C=O) groups is 1. The summed E-state index contributed by atoms with van der Waals surface area (Å²) in [5.74, 6) is 0.891. The largest absolute Gasteiger partial charge is 0.492 e. The van der Waals surface area contributed by atoms with E-state index in [0.29, 0.717) is 25.4 Å². The first-order valence-corrected chi connectivity index (χ1v) is 9.90. The monoisotopic (exact) mass is 388 g/mol. The van der Waals surface area contributed by atoms with E-state index in [4.69, 9.17) is 4.74 Å². The summed E-state index contributed by atoms with van der Waals surface area (Å²) in [6.07, 6.45) is 5.01. The molecule has 2 aromatic carbocycles. The van der Waals surface area contributed by atoms with Gasteiger partial charge in [-0.05, 0) is 37.3 Å². The molecule has 1 aliphatic heterocycles. The highest BCUT2D eigenvalue weighted by molar-refractivity contribution is 5.92. The van der Waals surface area contributed by atoms with Crippen molar-refractivity contribution < 1.29 is 9.53 Å². The van der Waals surface area contributed by atoms with Gasteiger partial charge in [-0.3, -0.25) is 9.78 Å². The van der Waals surface area contributed by atoms with Gasteiger partial charge in [-0.15, -0.1) is 0 Å². The van der Waals surface area contributed by atoms with Gasteiger partial charge in [0.15, 0.2) is 0 Å². The van der Waals surface area contributed by atoms with Gasteiger partial charge in [-0.2, -0.15) is 0 Å². The quantitative estimate of drug-likeness (QED) is 0.627. The van der Waals surface area contributed by atoms with E-state index in [2.05, 4.69) is 20.9 Å². The molecule has 0 N–H and O–H groups in total. The Bertz CT molecular complexity index is 1030. The van der Waals surface area contributed by atoms with Crippen LogP contribution in [0.1, 0.15) is 12.6 Å². The van der Waals surface area contributed by atoms with Crippen LogP contribution in [0.4, 0.5) is 5.69 Å². The Hall–Kier alpha value is -3.41. The van der Waals surface area contributed by atoms with Crippen LogP contribution in [0.2, 0.25) is 0 Å². The summed E-state index contributed by atoms with van der Waals surface area (Å²) in [4.78, 5) is 25.6.